The summed E-state index contributed by atoms with van der Waals surface area (Å²) >= 11 is 6.00. The molecule has 2 heterocycles. The molecule has 9 nitrogen and oxygen atoms in total. The summed E-state index contributed by atoms with van der Waals surface area (Å²) in [6.07, 6.45) is 4.85. The van der Waals surface area contributed by atoms with E-state index >= 15 is 0 Å². The van der Waals surface area contributed by atoms with E-state index < -0.39 is 11.4 Å². The highest BCUT2D eigenvalue weighted by molar-refractivity contribution is 6.30. The number of hydrogen-bond acceptors (Lipinski definition) is 7. The molecule has 1 aliphatic carbocycles. The number of nitrogens with one attached hydrogen (secondary N) is 1. The summed E-state index contributed by atoms with van der Waals surface area (Å²) in [6, 6.07) is 17.7. The van der Waals surface area contributed by atoms with Crippen LogP contribution >= 0.6 is 11.6 Å². The number of carbonyl (C=O) groups excluding carboxylic acids is 1. The molecule has 0 spiro atoms. The van der Waals surface area contributed by atoms with Crippen LogP contribution in [0.4, 0.5) is 11.6 Å². The van der Waals surface area contributed by atoms with Crippen LogP contribution in [0.5, 0.6) is 11.5 Å². The first kappa shape index (κ1) is 26.4. The average Bonchev–Trinajstić information content (AvgIpc) is 3.73. The molecule has 1 aliphatic rings. The third-order valence-electron chi connectivity index (χ3n) is 6.45. The number of pyridine rings is 1. The van der Waals surface area contributed by atoms with E-state index in [4.69, 9.17) is 16.3 Å². The van der Waals surface area contributed by atoms with Crippen molar-refractivity contribution >= 4 is 29.0 Å². The molecule has 1 N–H and O–H groups in total. The van der Waals surface area contributed by atoms with Gasteiger partial charge in [-0.25, -0.2) is 14.2 Å². The predicted octanol–water partition coefficient (Wildman–Crippen LogP) is 4.97. The maximum Gasteiger partial charge on any atom is 0.354 e. The van der Waals surface area contributed by atoms with Gasteiger partial charge in [0.05, 0.1) is 12.2 Å². The van der Waals surface area contributed by atoms with E-state index in [9.17, 15) is 14.4 Å². The minimum atomic E-state index is -0.624. The van der Waals surface area contributed by atoms with Gasteiger partial charge in [-0.15, -0.1) is 0 Å². The van der Waals surface area contributed by atoms with Gasteiger partial charge in [0.2, 0.25) is 5.95 Å². The number of carbonyl (C=O) groups is 1. The second kappa shape index (κ2) is 11.7. The van der Waals surface area contributed by atoms with Crippen molar-refractivity contribution in [3.63, 3.8) is 0 Å². The van der Waals surface area contributed by atoms with Crippen molar-refractivity contribution in [3.05, 3.63) is 104 Å². The average molecular weight is 546 g/mol. The molecule has 0 amide bonds. The molecule has 10 heteroatoms. The van der Waals surface area contributed by atoms with Crippen LogP contribution in [0.2, 0.25) is 5.02 Å². The Labute approximate surface area is 230 Å². The number of halogens is 1. The number of hydrogen-bond donors (Lipinski definition) is 1. The molecule has 200 valence electrons. The van der Waals surface area contributed by atoms with E-state index in [-0.39, 0.29) is 24.8 Å². The third kappa shape index (κ3) is 6.80. The zero-order valence-corrected chi connectivity index (χ0v) is 22.2. The smallest absolute Gasteiger partial charge is 0.354 e. The number of nitrogens with zero attached hydrogens (tertiary/aromatic N) is 4. The molecule has 1 saturated carbocycles. The van der Waals surface area contributed by atoms with Crippen molar-refractivity contribution < 1.29 is 9.53 Å². The summed E-state index contributed by atoms with van der Waals surface area (Å²) < 4.78 is 8.47. The van der Waals surface area contributed by atoms with Crippen LogP contribution in [0, 0.1) is 5.92 Å². The lowest BCUT2D eigenvalue weighted by atomic mass is 10.1. The minimum absolute atomic E-state index is 0.132. The lowest BCUT2D eigenvalue weighted by Crippen LogP contribution is -2.42. The van der Waals surface area contributed by atoms with Crippen LogP contribution < -0.4 is 21.4 Å². The van der Waals surface area contributed by atoms with Gasteiger partial charge < -0.3 is 10.1 Å². The van der Waals surface area contributed by atoms with Gasteiger partial charge in [0.25, 0.3) is 0 Å². The number of benzene rings is 2. The lowest BCUT2D eigenvalue weighted by molar-refractivity contribution is -0.118. The summed E-state index contributed by atoms with van der Waals surface area (Å²) in [5.74, 6) is 2.05. The third-order valence-corrected chi connectivity index (χ3v) is 6.70. The molecule has 5 rings (SSSR count). The Balaban J connectivity index is 1.31. The van der Waals surface area contributed by atoms with Gasteiger partial charge in [-0.1, -0.05) is 23.7 Å². The molecule has 0 unspecified atom stereocenters. The van der Waals surface area contributed by atoms with Crippen LogP contribution in [0.3, 0.4) is 0 Å². The second-order valence-corrected chi connectivity index (χ2v) is 9.99. The second-order valence-electron chi connectivity index (χ2n) is 9.55. The lowest BCUT2D eigenvalue weighted by Gasteiger charge is -2.15. The highest BCUT2D eigenvalue weighted by atomic mass is 35.5. The van der Waals surface area contributed by atoms with Gasteiger partial charge in [0, 0.05) is 42.4 Å². The van der Waals surface area contributed by atoms with Crippen LogP contribution in [0.25, 0.3) is 0 Å². The highest BCUT2D eigenvalue weighted by Gasteiger charge is 2.24. The molecule has 0 atom stereocenters. The molecule has 0 saturated heterocycles. The number of ether oxygens (including phenoxy) is 1. The number of Topliss-reactive ketones (excluding diaryl/α,β-unsaturated/α-hetero) is 1. The van der Waals surface area contributed by atoms with Crippen LogP contribution in [0.15, 0.2) is 76.4 Å². The molecule has 0 bridgehead atoms. The van der Waals surface area contributed by atoms with Crippen LogP contribution in [0.1, 0.15) is 37.4 Å². The van der Waals surface area contributed by atoms with Crippen molar-refractivity contribution in [2.24, 2.45) is 5.92 Å². The Morgan fingerprint density at radius 2 is 1.77 bits per heavy atom. The summed E-state index contributed by atoms with van der Waals surface area (Å²) in [4.78, 5) is 46.2. The van der Waals surface area contributed by atoms with Gasteiger partial charge in [-0.2, -0.15) is 4.98 Å². The van der Waals surface area contributed by atoms with E-state index in [2.05, 4.69) is 15.3 Å². The minimum Gasteiger partial charge on any atom is -0.457 e. The van der Waals surface area contributed by atoms with Crippen molar-refractivity contribution in [1.29, 1.82) is 0 Å². The largest absolute Gasteiger partial charge is 0.457 e. The predicted molar refractivity (Wildman–Crippen MR) is 149 cm³/mol. The Morgan fingerprint density at radius 1 is 1.03 bits per heavy atom. The zero-order valence-electron chi connectivity index (χ0n) is 21.5. The summed E-state index contributed by atoms with van der Waals surface area (Å²) in [5.41, 5.74) is 1.06. The van der Waals surface area contributed by atoms with E-state index in [1.807, 2.05) is 12.1 Å². The number of rotatable bonds is 11. The molecule has 2 aromatic heterocycles. The molecule has 39 heavy (non-hydrogen) atoms. The summed E-state index contributed by atoms with van der Waals surface area (Å²) in [5, 5.41) is 3.68. The number of ketones is 1. The topological polar surface area (TPSA) is 108 Å². The monoisotopic (exact) mass is 545 g/mol. The quantitative estimate of drug-likeness (QED) is 0.283. The van der Waals surface area contributed by atoms with E-state index in [0.717, 1.165) is 23.0 Å². The first-order valence-corrected chi connectivity index (χ1v) is 13.2. The fourth-order valence-electron chi connectivity index (χ4n) is 4.22. The Hall–Kier alpha value is -4.24. The Bertz CT molecular complexity index is 1590. The molecule has 0 radical (unpaired) electrons. The Morgan fingerprint density at radius 3 is 2.46 bits per heavy atom. The molecular formula is C29H28ClN5O4. The molecule has 0 aliphatic heterocycles. The fraction of sp³-hybridized carbons (Fsp3) is 0.276. The van der Waals surface area contributed by atoms with Crippen LogP contribution in [-0.2, 0) is 24.3 Å². The van der Waals surface area contributed by atoms with E-state index in [1.54, 1.807) is 61.7 Å². The number of aromatic nitrogens is 4. The van der Waals surface area contributed by atoms with Crippen molar-refractivity contribution in [3.8, 4) is 11.5 Å². The first-order valence-electron chi connectivity index (χ1n) is 12.9. The van der Waals surface area contributed by atoms with Gasteiger partial charge >= 0.3 is 11.4 Å². The standard InChI is InChI=1S/C29H28ClN5O4/c1-2-34-28(37)33-27(35(29(34)38)18-20-5-7-21(30)8-6-20)32-22-9-11-25(12-10-22)39-26-13-14-31-23(17-26)16-24(36)15-19-3-4-19/h5-14,17,19H,2-4,15-16,18H2,1H3,(H,32,33,37). The van der Waals surface area contributed by atoms with E-state index in [1.165, 1.54) is 4.57 Å². The van der Waals surface area contributed by atoms with Crippen molar-refractivity contribution in [2.45, 2.75) is 45.7 Å². The zero-order chi connectivity index (χ0) is 27.4. The molecule has 2 aromatic carbocycles. The highest BCUT2D eigenvalue weighted by Crippen LogP contribution is 2.33. The fourth-order valence-corrected chi connectivity index (χ4v) is 4.34. The van der Waals surface area contributed by atoms with E-state index in [0.29, 0.717) is 46.7 Å². The maximum atomic E-state index is 13.1. The molecule has 1 fully saturated rings. The summed E-state index contributed by atoms with van der Waals surface area (Å²) in [6.45, 7) is 2.14. The van der Waals surface area contributed by atoms with Crippen LogP contribution in [-0.4, -0.2) is 24.9 Å². The Kier molecular flexibility index (Phi) is 7.88. The van der Waals surface area contributed by atoms with Gasteiger partial charge in [-0.05, 0) is 73.7 Å². The summed E-state index contributed by atoms with van der Waals surface area (Å²) in [7, 11) is 0. The maximum absolute atomic E-state index is 13.1. The van der Waals surface area contributed by atoms with Gasteiger partial charge in [-0.3, -0.25) is 14.3 Å². The molecule has 4 aromatic rings. The number of anilines is 2. The SMILES string of the molecule is CCn1c(=O)nc(Nc2ccc(Oc3ccnc(CC(=O)CC4CC4)c3)cc2)n(Cc2ccc(Cl)cc2)c1=O. The van der Waals surface area contributed by atoms with Gasteiger partial charge in [0.15, 0.2) is 0 Å². The molecular weight excluding hydrogens is 518 g/mol. The van der Waals surface area contributed by atoms with Crippen molar-refractivity contribution in [2.75, 3.05) is 5.32 Å². The normalized spacial score (nSPS) is 12.8. The van der Waals surface area contributed by atoms with Crippen molar-refractivity contribution in [1.82, 2.24) is 19.1 Å². The van der Waals surface area contributed by atoms with Gasteiger partial charge in [0.1, 0.15) is 17.3 Å². The first-order chi connectivity index (χ1) is 18.9.